The zero-order valence-corrected chi connectivity index (χ0v) is 20.1. The van der Waals surface area contributed by atoms with Gasteiger partial charge in [-0.05, 0) is 63.4 Å². The normalized spacial score (nSPS) is 12.2. The lowest BCUT2D eigenvalue weighted by Gasteiger charge is -2.20. The average molecular weight is 465 g/mol. The molecule has 0 aliphatic heterocycles. The van der Waals surface area contributed by atoms with Gasteiger partial charge in [-0.15, -0.1) is 0 Å². The monoisotopic (exact) mass is 464 g/mol. The Labute approximate surface area is 194 Å². The second-order valence-corrected chi connectivity index (χ2v) is 11.0. The van der Waals surface area contributed by atoms with E-state index < -0.39 is 21.5 Å². The summed E-state index contributed by atoms with van der Waals surface area (Å²) in [6.07, 6.45) is -0.458. The summed E-state index contributed by atoms with van der Waals surface area (Å²) in [5.41, 5.74) is 1.35. The number of amides is 1. The maximum Gasteiger partial charge on any atom is 0.407 e. The Morgan fingerprint density at radius 2 is 1.70 bits per heavy atom. The van der Waals surface area contributed by atoms with Crippen LogP contribution in [-0.2, 0) is 21.1 Å². The molecule has 0 bridgehead atoms. The highest BCUT2D eigenvalue weighted by molar-refractivity contribution is 7.91. The lowest BCUT2D eigenvalue weighted by atomic mass is 10.1. The third-order valence-electron chi connectivity index (χ3n) is 5.43. The molecule has 1 aromatic heterocycles. The molecule has 172 valence electrons. The lowest BCUT2D eigenvalue weighted by Crippen LogP contribution is -2.34. The summed E-state index contributed by atoms with van der Waals surface area (Å²) in [6, 6.07) is 20.0. The smallest absolute Gasteiger partial charge is 0.407 e. The van der Waals surface area contributed by atoms with E-state index in [9.17, 15) is 13.2 Å². The molecule has 1 amide bonds. The second-order valence-electron chi connectivity index (χ2n) is 9.07. The summed E-state index contributed by atoms with van der Waals surface area (Å²) >= 11 is 0. The van der Waals surface area contributed by atoms with Crippen molar-refractivity contribution in [3.05, 3.63) is 72.4 Å². The lowest BCUT2D eigenvalue weighted by molar-refractivity contribution is 0.0526. The summed E-state index contributed by atoms with van der Waals surface area (Å²) in [6.45, 7) is 8.37. The fourth-order valence-corrected chi connectivity index (χ4v) is 5.51. The first-order chi connectivity index (χ1) is 15.6. The van der Waals surface area contributed by atoms with Gasteiger partial charge in [0.1, 0.15) is 5.60 Å². The number of fused-ring (bicyclic) bond motifs is 2. The van der Waals surface area contributed by atoms with Crippen LogP contribution in [-0.4, -0.2) is 31.2 Å². The van der Waals surface area contributed by atoms with Crippen molar-refractivity contribution in [3.63, 3.8) is 0 Å². The van der Waals surface area contributed by atoms with Crippen molar-refractivity contribution in [1.29, 1.82) is 0 Å². The maximum absolute atomic E-state index is 13.5. The molecule has 4 aromatic rings. The number of nitrogens with zero attached hydrogens (tertiary/aromatic N) is 1. The molecule has 0 unspecified atom stereocenters. The molecule has 4 rings (SSSR count). The van der Waals surface area contributed by atoms with E-state index in [1.807, 2.05) is 70.2 Å². The van der Waals surface area contributed by atoms with Crippen LogP contribution >= 0.6 is 0 Å². The van der Waals surface area contributed by atoms with Crippen molar-refractivity contribution in [2.45, 2.75) is 49.6 Å². The molecule has 33 heavy (non-hydrogen) atoms. The Bertz CT molecular complexity index is 1440. The van der Waals surface area contributed by atoms with E-state index in [4.69, 9.17) is 4.74 Å². The van der Waals surface area contributed by atoms with Crippen molar-refractivity contribution in [2.75, 3.05) is 6.54 Å². The third-order valence-corrected chi connectivity index (χ3v) is 7.24. The first-order valence-electron chi connectivity index (χ1n) is 10.9. The van der Waals surface area contributed by atoms with Crippen LogP contribution in [0.2, 0.25) is 0 Å². The third kappa shape index (κ3) is 4.73. The molecule has 0 fully saturated rings. The van der Waals surface area contributed by atoms with Gasteiger partial charge in [-0.25, -0.2) is 13.2 Å². The van der Waals surface area contributed by atoms with E-state index in [2.05, 4.69) is 9.88 Å². The first kappa shape index (κ1) is 22.9. The summed E-state index contributed by atoms with van der Waals surface area (Å²) in [5.74, 6) is 0. The number of carbonyl (C=O) groups excluding carboxylic acids is 1. The second kappa shape index (κ2) is 8.56. The van der Waals surface area contributed by atoms with E-state index in [-0.39, 0.29) is 4.90 Å². The highest BCUT2D eigenvalue weighted by atomic mass is 32.2. The molecule has 0 spiro atoms. The number of sulfone groups is 1. The van der Waals surface area contributed by atoms with Crippen LogP contribution in [0.5, 0.6) is 0 Å². The number of aromatic nitrogens is 1. The molecule has 6 nitrogen and oxygen atoms in total. The predicted octanol–water partition coefficient (Wildman–Crippen LogP) is 5.46. The number of rotatable bonds is 5. The van der Waals surface area contributed by atoms with Gasteiger partial charge in [0, 0.05) is 35.1 Å². The van der Waals surface area contributed by atoms with Crippen molar-refractivity contribution in [3.8, 4) is 0 Å². The molecular weight excluding hydrogens is 436 g/mol. The summed E-state index contributed by atoms with van der Waals surface area (Å²) in [4.78, 5) is 12.5. The average Bonchev–Trinajstić information content (AvgIpc) is 3.06. The van der Waals surface area contributed by atoms with Crippen molar-refractivity contribution >= 4 is 37.6 Å². The SMILES string of the molecule is Cc1cc2cc(S(=O)(=O)c3cccc4ccccc34)ccc2n1CCNC(=O)OC(C)(C)C. The number of benzene rings is 3. The summed E-state index contributed by atoms with van der Waals surface area (Å²) in [5, 5.41) is 5.20. The van der Waals surface area contributed by atoms with Gasteiger partial charge in [-0.1, -0.05) is 36.4 Å². The molecule has 1 N–H and O–H groups in total. The van der Waals surface area contributed by atoms with E-state index in [1.165, 1.54) is 0 Å². The molecule has 7 heteroatoms. The summed E-state index contributed by atoms with van der Waals surface area (Å²) in [7, 11) is -3.69. The largest absolute Gasteiger partial charge is 0.444 e. The van der Waals surface area contributed by atoms with Gasteiger partial charge in [-0.3, -0.25) is 0 Å². The number of hydrogen-bond donors (Lipinski definition) is 1. The van der Waals surface area contributed by atoms with Crippen LogP contribution in [0.1, 0.15) is 26.5 Å². The first-order valence-corrected chi connectivity index (χ1v) is 12.3. The number of aryl methyl sites for hydroxylation is 1. The Hall–Kier alpha value is -3.32. The van der Waals surface area contributed by atoms with Crippen LogP contribution in [0.15, 0.2) is 76.5 Å². The fraction of sp³-hybridized carbons (Fsp3) is 0.269. The zero-order chi connectivity index (χ0) is 23.8. The van der Waals surface area contributed by atoms with Crippen molar-refractivity contribution in [1.82, 2.24) is 9.88 Å². The zero-order valence-electron chi connectivity index (χ0n) is 19.3. The highest BCUT2D eigenvalue weighted by Gasteiger charge is 2.21. The quantitative estimate of drug-likeness (QED) is 0.425. The minimum atomic E-state index is -3.69. The molecular formula is C26H28N2O4S. The maximum atomic E-state index is 13.5. The van der Waals surface area contributed by atoms with Gasteiger partial charge in [0.25, 0.3) is 0 Å². The van der Waals surface area contributed by atoms with Gasteiger partial charge in [0.2, 0.25) is 9.84 Å². The van der Waals surface area contributed by atoms with Crippen LogP contribution < -0.4 is 5.32 Å². The highest BCUT2D eigenvalue weighted by Crippen LogP contribution is 2.31. The number of carbonyl (C=O) groups is 1. The van der Waals surface area contributed by atoms with E-state index in [0.29, 0.717) is 23.4 Å². The standard InChI is InChI=1S/C26H28N2O4S/c1-18-16-20-17-21(33(30,31)24-11-7-9-19-8-5-6-10-22(19)24)12-13-23(20)28(18)15-14-27-25(29)32-26(2,3)4/h5-13,16-17H,14-15H2,1-4H3,(H,27,29). The molecule has 0 aliphatic carbocycles. The van der Waals surface area contributed by atoms with Gasteiger partial charge >= 0.3 is 6.09 Å². The number of alkyl carbamates (subject to hydrolysis) is 1. The van der Waals surface area contributed by atoms with Crippen molar-refractivity contribution < 1.29 is 17.9 Å². The minimum absolute atomic E-state index is 0.260. The number of ether oxygens (including phenoxy) is 1. The van der Waals surface area contributed by atoms with Crippen LogP contribution in [0.25, 0.3) is 21.7 Å². The topological polar surface area (TPSA) is 77.4 Å². The molecule has 0 radical (unpaired) electrons. The predicted molar refractivity (Wildman–Crippen MR) is 130 cm³/mol. The Morgan fingerprint density at radius 3 is 2.45 bits per heavy atom. The molecule has 0 saturated carbocycles. The Morgan fingerprint density at radius 1 is 0.970 bits per heavy atom. The Kier molecular flexibility index (Phi) is 5.93. The molecule has 0 aliphatic rings. The molecule has 1 heterocycles. The van der Waals surface area contributed by atoms with E-state index in [0.717, 1.165) is 22.0 Å². The van der Waals surface area contributed by atoms with Gasteiger partial charge in [0.15, 0.2) is 0 Å². The molecule has 0 saturated heterocycles. The molecule has 3 aromatic carbocycles. The van der Waals surface area contributed by atoms with E-state index >= 15 is 0 Å². The van der Waals surface area contributed by atoms with Gasteiger partial charge < -0.3 is 14.6 Å². The minimum Gasteiger partial charge on any atom is -0.444 e. The van der Waals surface area contributed by atoms with Crippen molar-refractivity contribution in [2.24, 2.45) is 0 Å². The number of nitrogens with one attached hydrogen (secondary N) is 1. The molecule has 0 atom stereocenters. The van der Waals surface area contributed by atoms with E-state index in [1.54, 1.807) is 24.3 Å². The summed E-state index contributed by atoms with van der Waals surface area (Å²) < 4.78 is 34.3. The van der Waals surface area contributed by atoms with Crippen LogP contribution in [0.3, 0.4) is 0 Å². The van der Waals surface area contributed by atoms with Gasteiger partial charge in [-0.2, -0.15) is 0 Å². The van der Waals surface area contributed by atoms with Gasteiger partial charge in [0.05, 0.1) is 9.79 Å². The fourth-order valence-electron chi connectivity index (χ4n) is 3.99. The Balaban J connectivity index is 1.61. The number of hydrogen-bond acceptors (Lipinski definition) is 4. The van der Waals surface area contributed by atoms with Crippen LogP contribution in [0, 0.1) is 6.92 Å². The van der Waals surface area contributed by atoms with Crippen LogP contribution in [0.4, 0.5) is 4.79 Å².